The van der Waals surface area contributed by atoms with Gasteiger partial charge >= 0.3 is 0 Å². The summed E-state index contributed by atoms with van der Waals surface area (Å²) in [5.74, 6) is 3.30. The van der Waals surface area contributed by atoms with Crippen molar-refractivity contribution in [1.29, 1.82) is 0 Å². The van der Waals surface area contributed by atoms with Gasteiger partial charge < -0.3 is 4.74 Å². The Balaban J connectivity index is 1.47. The number of nitrogens with zero attached hydrogens (tertiary/aromatic N) is 3. The summed E-state index contributed by atoms with van der Waals surface area (Å²) in [4.78, 5) is 14.6. The van der Waals surface area contributed by atoms with Gasteiger partial charge in [-0.25, -0.2) is 15.0 Å². The maximum atomic E-state index is 6.52. The second-order valence-electron chi connectivity index (χ2n) is 8.62. The number of rotatable bonds is 3. The third kappa shape index (κ3) is 3.43. The Morgan fingerprint density at radius 3 is 1.89 bits per heavy atom. The number of halogens is 1. The summed E-state index contributed by atoms with van der Waals surface area (Å²) in [5.41, 5.74) is 4.75. The van der Waals surface area contributed by atoms with Gasteiger partial charge in [-0.1, -0.05) is 84.4 Å². The largest absolute Gasteiger partial charge is 0.455 e. The van der Waals surface area contributed by atoms with Crippen molar-refractivity contribution < 1.29 is 4.74 Å². The van der Waals surface area contributed by atoms with Crippen LogP contribution in [-0.4, -0.2) is 15.0 Å². The molecule has 0 bridgehead atoms. The summed E-state index contributed by atoms with van der Waals surface area (Å²) in [6.45, 7) is 0. The SMILES string of the molecule is Clc1ccc(-c2nc(-c3ccccc3)nc(-c3cccc4c3Oc3cccc5cccc-4c35)n2)cc1. The predicted molar refractivity (Wildman–Crippen MR) is 144 cm³/mol. The number of ether oxygens (including phenoxy) is 1. The van der Waals surface area contributed by atoms with Gasteiger partial charge in [-0.3, -0.25) is 0 Å². The lowest BCUT2D eigenvalue weighted by molar-refractivity contribution is 0.488. The number of hydrogen-bond donors (Lipinski definition) is 0. The fourth-order valence-electron chi connectivity index (χ4n) is 4.70. The minimum Gasteiger partial charge on any atom is -0.455 e. The van der Waals surface area contributed by atoms with Crippen molar-refractivity contribution >= 4 is 22.4 Å². The highest BCUT2D eigenvalue weighted by molar-refractivity contribution is 6.30. The standard InChI is InChI=1S/C31H18ClN3O/c32-22-17-15-21(16-18-22)30-33-29(20-7-2-1-3-8-20)34-31(35-30)25-13-6-12-24-23-11-4-9-19-10-5-14-26(27(19)23)36-28(24)25/h1-18H. The number of aromatic nitrogens is 3. The monoisotopic (exact) mass is 483 g/mol. The molecule has 4 nitrogen and oxygen atoms in total. The number of hydrogen-bond acceptors (Lipinski definition) is 4. The molecule has 7 rings (SSSR count). The summed E-state index contributed by atoms with van der Waals surface area (Å²) >= 11 is 6.14. The minimum atomic E-state index is 0.553. The van der Waals surface area contributed by atoms with Crippen molar-refractivity contribution in [3.8, 4) is 56.8 Å². The molecule has 0 atom stereocenters. The van der Waals surface area contributed by atoms with Gasteiger partial charge in [-0.2, -0.15) is 0 Å². The molecule has 1 aromatic heterocycles. The van der Waals surface area contributed by atoms with Crippen LogP contribution in [0.15, 0.2) is 109 Å². The first-order valence-electron chi connectivity index (χ1n) is 11.7. The maximum Gasteiger partial charge on any atom is 0.167 e. The van der Waals surface area contributed by atoms with Crippen LogP contribution in [-0.2, 0) is 0 Å². The number of fused-ring (bicyclic) bond motifs is 2. The molecular formula is C31H18ClN3O. The molecule has 0 fully saturated rings. The van der Waals surface area contributed by atoms with E-state index in [0.717, 1.165) is 50.1 Å². The maximum absolute atomic E-state index is 6.52. The Hall–Kier alpha value is -4.54. The van der Waals surface area contributed by atoms with Crippen molar-refractivity contribution in [1.82, 2.24) is 15.0 Å². The van der Waals surface area contributed by atoms with Crippen LogP contribution in [0.5, 0.6) is 11.5 Å². The summed E-state index contributed by atoms with van der Waals surface area (Å²) in [6.07, 6.45) is 0. The second kappa shape index (κ2) is 8.29. The van der Waals surface area contributed by atoms with Crippen LogP contribution in [0.25, 0.3) is 56.1 Å². The zero-order chi connectivity index (χ0) is 24.1. The van der Waals surface area contributed by atoms with Crippen molar-refractivity contribution in [3.05, 3.63) is 114 Å². The van der Waals surface area contributed by atoms with E-state index in [1.807, 2.05) is 78.9 Å². The fraction of sp³-hybridized carbons (Fsp3) is 0. The summed E-state index contributed by atoms with van der Waals surface area (Å²) < 4.78 is 6.52. The van der Waals surface area contributed by atoms with Crippen LogP contribution >= 0.6 is 11.6 Å². The normalized spacial score (nSPS) is 11.7. The first-order valence-corrected chi connectivity index (χ1v) is 12.0. The van der Waals surface area contributed by atoms with Crippen LogP contribution in [0.3, 0.4) is 0 Å². The smallest absolute Gasteiger partial charge is 0.167 e. The highest BCUT2D eigenvalue weighted by Crippen LogP contribution is 2.49. The lowest BCUT2D eigenvalue weighted by Crippen LogP contribution is -2.03. The van der Waals surface area contributed by atoms with E-state index in [4.69, 9.17) is 31.3 Å². The van der Waals surface area contributed by atoms with Crippen molar-refractivity contribution in [2.24, 2.45) is 0 Å². The lowest BCUT2D eigenvalue weighted by Gasteiger charge is -2.23. The van der Waals surface area contributed by atoms with Crippen LogP contribution in [0, 0.1) is 0 Å². The van der Waals surface area contributed by atoms with Gasteiger partial charge in [0.2, 0.25) is 0 Å². The molecule has 0 saturated carbocycles. The van der Waals surface area contributed by atoms with Gasteiger partial charge in [-0.15, -0.1) is 0 Å². The van der Waals surface area contributed by atoms with E-state index >= 15 is 0 Å². The number of benzene rings is 5. The molecule has 0 aliphatic carbocycles. The van der Waals surface area contributed by atoms with E-state index in [-0.39, 0.29) is 0 Å². The molecule has 36 heavy (non-hydrogen) atoms. The van der Waals surface area contributed by atoms with E-state index in [9.17, 15) is 0 Å². The molecule has 5 heteroatoms. The molecule has 0 radical (unpaired) electrons. The van der Waals surface area contributed by atoms with E-state index in [2.05, 4.69) is 30.3 Å². The average molecular weight is 484 g/mol. The molecule has 0 N–H and O–H groups in total. The van der Waals surface area contributed by atoms with E-state index < -0.39 is 0 Å². The summed E-state index contributed by atoms with van der Waals surface area (Å²) in [6, 6.07) is 36.0. The second-order valence-corrected chi connectivity index (χ2v) is 9.06. The molecule has 6 aromatic rings. The quantitative estimate of drug-likeness (QED) is 0.253. The van der Waals surface area contributed by atoms with Gasteiger partial charge in [0, 0.05) is 27.1 Å². The molecule has 0 unspecified atom stereocenters. The highest BCUT2D eigenvalue weighted by Gasteiger charge is 2.24. The van der Waals surface area contributed by atoms with Gasteiger partial charge in [0.1, 0.15) is 11.5 Å². The van der Waals surface area contributed by atoms with Crippen molar-refractivity contribution in [2.75, 3.05) is 0 Å². The Bertz CT molecular complexity index is 1760. The Morgan fingerprint density at radius 1 is 0.500 bits per heavy atom. The molecule has 5 aromatic carbocycles. The van der Waals surface area contributed by atoms with E-state index in [1.54, 1.807) is 0 Å². The van der Waals surface area contributed by atoms with Crippen molar-refractivity contribution in [3.63, 3.8) is 0 Å². The lowest BCUT2D eigenvalue weighted by atomic mass is 9.93. The van der Waals surface area contributed by atoms with Crippen LogP contribution in [0.4, 0.5) is 0 Å². The number of para-hydroxylation sites is 1. The molecule has 170 valence electrons. The summed E-state index contributed by atoms with van der Waals surface area (Å²) in [5, 5.41) is 2.93. The predicted octanol–water partition coefficient (Wildman–Crippen LogP) is 8.45. The van der Waals surface area contributed by atoms with Gasteiger partial charge in [0.05, 0.1) is 5.56 Å². The first kappa shape index (κ1) is 20.8. The molecule has 2 heterocycles. The van der Waals surface area contributed by atoms with E-state index in [0.29, 0.717) is 22.5 Å². The zero-order valence-corrected chi connectivity index (χ0v) is 19.8. The fourth-order valence-corrected chi connectivity index (χ4v) is 4.83. The molecule has 0 amide bonds. The van der Waals surface area contributed by atoms with Crippen LogP contribution in [0.2, 0.25) is 5.02 Å². The van der Waals surface area contributed by atoms with E-state index in [1.165, 1.54) is 0 Å². The molecule has 1 aliphatic heterocycles. The minimum absolute atomic E-state index is 0.553. The zero-order valence-electron chi connectivity index (χ0n) is 19.0. The Kier molecular flexibility index (Phi) is 4.79. The van der Waals surface area contributed by atoms with Crippen LogP contribution < -0.4 is 4.74 Å². The molecular weight excluding hydrogens is 466 g/mol. The third-order valence-corrected chi connectivity index (χ3v) is 6.65. The first-order chi connectivity index (χ1) is 17.7. The van der Waals surface area contributed by atoms with Gasteiger partial charge in [0.15, 0.2) is 17.5 Å². The highest BCUT2D eigenvalue weighted by atomic mass is 35.5. The molecule has 0 spiro atoms. The average Bonchev–Trinajstić information content (AvgIpc) is 2.94. The third-order valence-electron chi connectivity index (χ3n) is 6.39. The Morgan fingerprint density at radius 2 is 1.11 bits per heavy atom. The molecule has 0 saturated heterocycles. The Labute approximate surface area is 212 Å². The molecule has 1 aliphatic rings. The van der Waals surface area contributed by atoms with Crippen molar-refractivity contribution in [2.45, 2.75) is 0 Å². The van der Waals surface area contributed by atoms with Gasteiger partial charge in [0.25, 0.3) is 0 Å². The van der Waals surface area contributed by atoms with Crippen LogP contribution in [0.1, 0.15) is 0 Å². The topological polar surface area (TPSA) is 47.9 Å². The summed E-state index contributed by atoms with van der Waals surface area (Å²) in [7, 11) is 0. The van der Waals surface area contributed by atoms with Gasteiger partial charge in [-0.05, 0) is 47.3 Å².